The number of aromatic nitrogens is 1. The Morgan fingerprint density at radius 1 is 0.339 bits per heavy atom. The first-order chi connectivity index (χ1) is 30.8. The van der Waals surface area contributed by atoms with Crippen molar-refractivity contribution in [2.75, 3.05) is 19.6 Å². The smallest absolute Gasteiger partial charge is 0.252 e. The number of pyridine rings is 1. The number of hydrogen-bond acceptors (Lipinski definition) is 6. The van der Waals surface area contributed by atoms with Crippen molar-refractivity contribution < 1.29 is 0 Å². The van der Waals surface area contributed by atoms with Gasteiger partial charge in [-0.15, -0.1) is 0 Å². The van der Waals surface area contributed by atoms with E-state index in [1.165, 1.54) is 44.2 Å². The maximum atomic E-state index is 10.8. The molecule has 0 unspecified atom stereocenters. The summed E-state index contributed by atoms with van der Waals surface area (Å²) in [6, 6.07) is 75.8. The summed E-state index contributed by atoms with van der Waals surface area (Å²) in [5.41, 5.74) is 18.8. The van der Waals surface area contributed by atoms with Crippen molar-refractivity contribution in [3.63, 3.8) is 0 Å². The van der Waals surface area contributed by atoms with Gasteiger partial charge in [-0.25, -0.2) is 4.98 Å². The lowest BCUT2D eigenvalue weighted by Crippen LogP contribution is -2.61. The SMILES string of the molecule is N#Cc1cc(N2c3ccccc3B3c4ccccc4N(c4ccccc4)c4cccc2c43)nc(N2c3ccccc3B3c4ccccc4N(c4ccccc4)c4cccc2c43)c1. The van der Waals surface area contributed by atoms with Gasteiger partial charge in [0.05, 0.1) is 11.6 Å². The van der Waals surface area contributed by atoms with Crippen LogP contribution in [0.4, 0.5) is 68.5 Å². The Kier molecular flexibility index (Phi) is 7.46. The highest BCUT2D eigenvalue weighted by Crippen LogP contribution is 2.46. The third-order valence-electron chi connectivity index (χ3n) is 13.0. The Hall–Kier alpha value is -8.27. The number of fused-ring (bicyclic) bond motifs is 8. The summed E-state index contributed by atoms with van der Waals surface area (Å²) in [6.07, 6.45) is 0. The molecule has 0 N–H and O–H groups in total. The molecule has 62 heavy (non-hydrogen) atoms. The lowest BCUT2D eigenvalue weighted by atomic mass is 9.33. The fraction of sp³-hybridized carbons (Fsp3) is 0. The molecule has 8 aromatic carbocycles. The van der Waals surface area contributed by atoms with E-state index < -0.39 is 0 Å². The van der Waals surface area contributed by atoms with Gasteiger partial charge in [-0.3, -0.25) is 9.80 Å². The molecule has 6 nitrogen and oxygen atoms in total. The van der Waals surface area contributed by atoms with E-state index in [2.05, 4.69) is 220 Å². The summed E-state index contributed by atoms with van der Waals surface area (Å²) in [6.45, 7) is 0.00114. The second kappa shape index (κ2) is 13.4. The molecule has 0 atom stereocenters. The van der Waals surface area contributed by atoms with Gasteiger partial charge in [-0.2, -0.15) is 5.26 Å². The number of benzene rings is 8. The van der Waals surface area contributed by atoms with Crippen molar-refractivity contribution in [3.05, 3.63) is 212 Å². The van der Waals surface area contributed by atoms with Gasteiger partial charge < -0.3 is 9.80 Å². The van der Waals surface area contributed by atoms with E-state index >= 15 is 0 Å². The highest BCUT2D eigenvalue weighted by atomic mass is 15.3. The lowest BCUT2D eigenvalue weighted by Gasteiger charge is -2.44. The van der Waals surface area contributed by atoms with Crippen LogP contribution in [0.5, 0.6) is 0 Å². The largest absolute Gasteiger partial charge is 0.311 e. The second-order valence-corrected chi connectivity index (χ2v) is 16.2. The monoisotopic (exact) mass is 788 g/mol. The summed E-state index contributed by atoms with van der Waals surface area (Å²) in [7, 11) is 0. The zero-order valence-corrected chi connectivity index (χ0v) is 33.5. The normalized spacial score (nSPS) is 13.6. The fourth-order valence-corrected chi connectivity index (χ4v) is 10.7. The molecule has 0 saturated carbocycles. The number of hydrogen-bond donors (Lipinski definition) is 0. The van der Waals surface area contributed by atoms with Crippen LogP contribution in [0, 0.1) is 11.3 Å². The van der Waals surface area contributed by atoms with Gasteiger partial charge in [0.1, 0.15) is 11.6 Å². The number of rotatable bonds is 4. The topological polar surface area (TPSA) is 49.6 Å². The first-order valence-electron chi connectivity index (χ1n) is 21.1. The summed E-state index contributed by atoms with van der Waals surface area (Å²) >= 11 is 0. The Balaban J connectivity index is 1.04. The number of para-hydroxylation sites is 6. The average Bonchev–Trinajstić information content (AvgIpc) is 3.34. The second-order valence-electron chi connectivity index (χ2n) is 16.2. The van der Waals surface area contributed by atoms with E-state index in [9.17, 15) is 5.26 Å². The van der Waals surface area contributed by atoms with Crippen LogP contribution in [-0.2, 0) is 0 Å². The van der Waals surface area contributed by atoms with E-state index in [0.717, 1.165) is 45.5 Å². The Bertz CT molecular complexity index is 3120. The minimum atomic E-state index is 0.000571. The Morgan fingerprint density at radius 2 is 0.645 bits per heavy atom. The predicted octanol–water partition coefficient (Wildman–Crippen LogP) is 9.12. The molecule has 0 aliphatic carbocycles. The lowest BCUT2D eigenvalue weighted by molar-refractivity contribution is 1.13. The molecule has 0 fully saturated rings. The van der Waals surface area contributed by atoms with E-state index in [1.807, 2.05) is 12.1 Å². The molecule has 0 radical (unpaired) electrons. The molecule has 9 aromatic rings. The van der Waals surface area contributed by atoms with Crippen molar-refractivity contribution in [2.24, 2.45) is 0 Å². The van der Waals surface area contributed by atoms with Crippen LogP contribution in [0.2, 0.25) is 0 Å². The zero-order valence-electron chi connectivity index (χ0n) is 33.5. The van der Waals surface area contributed by atoms with Crippen LogP contribution in [-0.4, -0.2) is 18.4 Å². The molecular weight excluding hydrogens is 754 g/mol. The van der Waals surface area contributed by atoms with Crippen LogP contribution in [0.15, 0.2) is 206 Å². The molecule has 8 heteroatoms. The quantitative estimate of drug-likeness (QED) is 0.166. The van der Waals surface area contributed by atoms with Crippen LogP contribution < -0.4 is 52.4 Å². The molecule has 0 bridgehead atoms. The van der Waals surface area contributed by atoms with Gasteiger partial charge in [0.15, 0.2) is 0 Å². The van der Waals surface area contributed by atoms with Gasteiger partial charge in [-0.1, -0.05) is 121 Å². The van der Waals surface area contributed by atoms with Gasteiger partial charge in [0.25, 0.3) is 13.4 Å². The van der Waals surface area contributed by atoms with Crippen LogP contribution in [0.3, 0.4) is 0 Å². The molecule has 0 amide bonds. The molecule has 4 aliphatic rings. The van der Waals surface area contributed by atoms with Gasteiger partial charge >= 0.3 is 0 Å². The maximum Gasteiger partial charge on any atom is 0.252 e. The molecular formula is C54H34B2N6. The van der Waals surface area contributed by atoms with Crippen molar-refractivity contribution in [1.29, 1.82) is 5.26 Å². The molecule has 1 aromatic heterocycles. The minimum absolute atomic E-state index is 0.000571. The number of anilines is 12. The summed E-state index contributed by atoms with van der Waals surface area (Å²) < 4.78 is 0. The van der Waals surface area contributed by atoms with Crippen LogP contribution in [0.1, 0.15) is 5.56 Å². The first-order valence-corrected chi connectivity index (χ1v) is 21.1. The first kappa shape index (κ1) is 34.6. The molecule has 0 spiro atoms. The molecule has 286 valence electrons. The van der Waals surface area contributed by atoms with Crippen molar-refractivity contribution in [1.82, 2.24) is 4.98 Å². The highest BCUT2D eigenvalue weighted by molar-refractivity contribution is 7.01. The van der Waals surface area contributed by atoms with Crippen molar-refractivity contribution >= 4 is 115 Å². The van der Waals surface area contributed by atoms with Gasteiger partial charge in [0.2, 0.25) is 0 Å². The van der Waals surface area contributed by atoms with E-state index in [0.29, 0.717) is 17.2 Å². The van der Waals surface area contributed by atoms with Crippen molar-refractivity contribution in [2.45, 2.75) is 0 Å². The zero-order chi connectivity index (χ0) is 40.9. The van der Waals surface area contributed by atoms with E-state index in [1.54, 1.807) is 0 Å². The molecule has 5 heterocycles. The van der Waals surface area contributed by atoms with E-state index in [-0.39, 0.29) is 13.4 Å². The third kappa shape index (κ3) is 4.85. The average molecular weight is 789 g/mol. The Morgan fingerprint density at radius 3 is 1.02 bits per heavy atom. The Labute approximate surface area is 361 Å². The fourth-order valence-electron chi connectivity index (χ4n) is 10.7. The molecule has 13 rings (SSSR count). The van der Waals surface area contributed by atoms with E-state index in [4.69, 9.17) is 4.98 Å². The number of nitriles is 1. The molecule has 4 aliphatic heterocycles. The van der Waals surface area contributed by atoms with Gasteiger partial charge in [0, 0.05) is 56.9 Å². The maximum absolute atomic E-state index is 10.8. The van der Waals surface area contributed by atoms with Crippen molar-refractivity contribution in [3.8, 4) is 6.07 Å². The predicted molar refractivity (Wildman–Crippen MR) is 257 cm³/mol. The summed E-state index contributed by atoms with van der Waals surface area (Å²) in [4.78, 5) is 15.0. The third-order valence-corrected chi connectivity index (χ3v) is 13.0. The highest BCUT2D eigenvalue weighted by Gasteiger charge is 2.45. The van der Waals surface area contributed by atoms with Gasteiger partial charge in [-0.05, 0) is 118 Å². The van der Waals surface area contributed by atoms with Crippen LogP contribution in [0.25, 0.3) is 0 Å². The minimum Gasteiger partial charge on any atom is -0.311 e. The van der Waals surface area contributed by atoms with Crippen LogP contribution >= 0.6 is 0 Å². The summed E-state index contributed by atoms with van der Waals surface area (Å²) in [5, 5.41) is 10.8. The summed E-state index contributed by atoms with van der Waals surface area (Å²) in [5.74, 6) is 1.37. The molecule has 0 saturated heterocycles. The standard InChI is InChI=1S/C54H34B2N6/c57-35-36-33-51(61-45-27-13-9-23-41(45)55-39-21-7-11-25-43(39)59(37-17-3-1-4-18-37)47-29-15-31-49(61)53(47)55)58-52(34-36)62-46-28-14-10-24-42(46)56-40-22-8-12-26-44(40)60(38-19-5-2-6-20-38)48-30-16-32-50(62)54(48)56/h1-34H. The number of nitrogens with zero attached hydrogens (tertiary/aromatic N) is 6.